The maximum Gasteiger partial charge on any atom is 0.325 e. The lowest BCUT2D eigenvalue weighted by Crippen LogP contribution is -2.15. The van der Waals surface area contributed by atoms with Gasteiger partial charge in [-0.05, 0) is 48.0 Å². The molecule has 8 heteroatoms. The average Bonchev–Trinajstić information content (AvgIpc) is 2.98. The molecule has 0 radical (unpaired) electrons. The number of hydrogen-bond acceptors (Lipinski definition) is 4. The number of carbonyl (C=O) groups is 1. The number of carbonyl (C=O) groups excluding carboxylic acids is 1. The van der Waals surface area contributed by atoms with Crippen LogP contribution >= 0.6 is 11.6 Å². The number of nitrogens with one attached hydrogen (secondary N) is 1. The maximum absolute atomic E-state index is 13.2. The molecule has 154 valence electrons. The number of methoxy groups -OCH3 is 1. The van der Waals surface area contributed by atoms with E-state index >= 15 is 0 Å². The number of hydrogen-bond donors (Lipinski definition) is 1. The third kappa shape index (κ3) is 3.62. The van der Waals surface area contributed by atoms with Gasteiger partial charge in [0, 0.05) is 16.1 Å². The SMILES string of the molecule is COC(=O)Cn1c(C)c(NS(=O)(=O)c2ccc3ccccc3c2)c2cc(Cl)ccc21. The second-order valence-corrected chi connectivity index (χ2v) is 9.02. The van der Waals surface area contributed by atoms with E-state index in [1.807, 2.05) is 24.3 Å². The summed E-state index contributed by atoms with van der Waals surface area (Å²) in [7, 11) is -2.57. The van der Waals surface area contributed by atoms with Gasteiger partial charge in [-0.15, -0.1) is 0 Å². The van der Waals surface area contributed by atoms with Crippen molar-refractivity contribution in [1.82, 2.24) is 4.57 Å². The first-order valence-corrected chi connectivity index (χ1v) is 11.0. The van der Waals surface area contributed by atoms with Crippen molar-refractivity contribution in [2.45, 2.75) is 18.4 Å². The zero-order chi connectivity index (χ0) is 21.5. The molecule has 0 saturated carbocycles. The summed E-state index contributed by atoms with van der Waals surface area (Å²) in [4.78, 5) is 12.0. The Balaban J connectivity index is 1.83. The average molecular weight is 443 g/mol. The number of nitrogens with zero attached hydrogens (tertiary/aromatic N) is 1. The van der Waals surface area contributed by atoms with Crippen LogP contribution in [-0.2, 0) is 26.1 Å². The van der Waals surface area contributed by atoms with Crippen LogP contribution in [0.3, 0.4) is 0 Å². The Morgan fingerprint density at radius 3 is 2.53 bits per heavy atom. The minimum atomic E-state index is -3.87. The fraction of sp³-hybridized carbons (Fsp3) is 0.136. The van der Waals surface area contributed by atoms with Crippen LogP contribution in [0.15, 0.2) is 65.6 Å². The molecule has 0 bridgehead atoms. The van der Waals surface area contributed by atoms with Crippen LogP contribution in [0.1, 0.15) is 5.69 Å². The van der Waals surface area contributed by atoms with Crippen molar-refractivity contribution in [3.63, 3.8) is 0 Å². The van der Waals surface area contributed by atoms with E-state index in [1.165, 1.54) is 7.11 Å². The topological polar surface area (TPSA) is 77.4 Å². The van der Waals surface area contributed by atoms with Crippen LogP contribution in [-0.4, -0.2) is 26.1 Å². The summed E-state index contributed by atoms with van der Waals surface area (Å²) in [5, 5.41) is 2.85. The minimum absolute atomic E-state index is 0.0435. The number of halogens is 1. The van der Waals surface area contributed by atoms with Gasteiger partial charge < -0.3 is 9.30 Å². The van der Waals surface area contributed by atoms with Crippen molar-refractivity contribution in [3.05, 3.63) is 71.4 Å². The van der Waals surface area contributed by atoms with Gasteiger partial charge in [0.25, 0.3) is 10.0 Å². The van der Waals surface area contributed by atoms with E-state index in [9.17, 15) is 13.2 Å². The second-order valence-electron chi connectivity index (χ2n) is 6.90. The largest absolute Gasteiger partial charge is 0.468 e. The highest BCUT2D eigenvalue weighted by Crippen LogP contribution is 2.34. The van der Waals surface area contributed by atoms with E-state index < -0.39 is 16.0 Å². The van der Waals surface area contributed by atoms with Gasteiger partial charge in [-0.25, -0.2) is 8.42 Å². The van der Waals surface area contributed by atoms with Crippen molar-refractivity contribution in [2.75, 3.05) is 11.8 Å². The van der Waals surface area contributed by atoms with E-state index in [1.54, 1.807) is 47.9 Å². The van der Waals surface area contributed by atoms with Crippen molar-refractivity contribution >= 4 is 55.0 Å². The molecule has 1 heterocycles. The Bertz CT molecular complexity index is 1390. The molecule has 6 nitrogen and oxygen atoms in total. The van der Waals surface area contributed by atoms with E-state index in [0.29, 0.717) is 27.3 Å². The highest BCUT2D eigenvalue weighted by atomic mass is 35.5. The molecule has 30 heavy (non-hydrogen) atoms. The molecule has 0 saturated heterocycles. The van der Waals surface area contributed by atoms with Crippen LogP contribution in [0, 0.1) is 6.92 Å². The van der Waals surface area contributed by atoms with E-state index in [4.69, 9.17) is 16.3 Å². The van der Waals surface area contributed by atoms with Gasteiger partial charge in [0.1, 0.15) is 6.54 Å². The first-order valence-electron chi connectivity index (χ1n) is 9.17. The van der Waals surface area contributed by atoms with Crippen molar-refractivity contribution in [3.8, 4) is 0 Å². The molecule has 0 aliphatic carbocycles. The van der Waals surface area contributed by atoms with Crippen molar-refractivity contribution in [2.24, 2.45) is 0 Å². The van der Waals surface area contributed by atoms with Crippen LogP contribution in [0.4, 0.5) is 5.69 Å². The lowest BCUT2D eigenvalue weighted by atomic mass is 10.1. The molecular formula is C22H19ClN2O4S. The third-order valence-corrected chi connectivity index (χ3v) is 6.65. The zero-order valence-corrected chi connectivity index (χ0v) is 17.9. The lowest BCUT2D eigenvalue weighted by molar-refractivity contribution is -0.141. The predicted molar refractivity (Wildman–Crippen MR) is 118 cm³/mol. The number of fused-ring (bicyclic) bond motifs is 2. The highest BCUT2D eigenvalue weighted by Gasteiger charge is 2.22. The number of benzene rings is 3. The highest BCUT2D eigenvalue weighted by molar-refractivity contribution is 7.92. The fourth-order valence-corrected chi connectivity index (χ4v) is 4.85. The molecule has 1 N–H and O–H groups in total. The van der Waals surface area contributed by atoms with Gasteiger partial charge in [0.15, 0.2) is 0 Å². The van der Waals surface area contributed by atoms with Gasteiger partial charge in [-0.3, -0.25) is 9.52 Å². The second kappa shape index (κ2) is 7.66. The molecule has 0 fully saturated rings. The molecule has 3 aromatic carbocycles. The molecule has 0 amide bonds. The Morgan fingerprint density at radius 1 is 1.07 bits per heavy atom. The molecule has 1 aromatic heterocycles. The Morgan fingerprint density at radius 2 is 1.80 bits per heavy atom. The van der Waals surface area contributed by atoms with Crippen LogP contribution in [0.25, 0.3) is 21.7 Å². The quantitative estimate of drug-likeness (QED) is 0.453. The number of rotatable bonds is 5. The fourth-order valence-electron chi connectivity index (χ4n) is 3.51. The molecule has 4 rings (SSSR count). The van der Waals surface area contributed by atoms with Crippen molar-refractivity contribution in [1.29, 1.82) is 0 Å². The minimum Gasteiger partial charge on any atom is -0.468 e. The molecule has 0 atom stereocenters. The monoisotopic (exact) mass is 442 g/mol. The standard InChI is InChI=1S/C22H19ClN2O4S/c1-14-22(19-12-17(23)8-10-20(19)25(14)13-21(26)29-2)24-30(27,28)18-9-7-15-5-3-4-6-16(15)11-18/h3-12,24H,13H2,1-2H3. The van der Waals surface area contributed by atoms with Gasteiger partial charge in [0.2, 0.25) is 0 Å². The third-order valence-electron chi connectivity index (χ3n) is 5.07. The molecule has 0 unspecified atom stereocenters. The molecular weight excluding hydrogens is 424 g/mol. The van der Waals surface area contributed by atoms with E-state index in [2.05, 4.69) is 4.72 Å². The summed E-state index contributed by atoms with van der Waals surface area (Å²) in [6.07, 6.45) is 0. The number of esters is 1. The molecule has 0 aliphatic heterocycles. The normalized spacial score (nSPS) is 11.7. The van der Waals surface area contributed by atoms with Gasteiger partial charge >= 0.3 is 5.97 Å². The van der Waals surface area contributed by atoms with Gasteiger partial charge in [-0.2, -0.15) is 0 Å². The zero-order valence-electron chi connectivity index (χ0n) is 16.3. The smallest absolute Gasteiger partial charge is 0.325 e. The van der Waals surface area contributed by atoms with Crippen LogP contribution < -0.4 is 4.72 Å². The summed E-state index contributed by atoms with van der Waals surface area (Å²) in [6, 6.07) is 17.6. The summed E-state index contributed by atoms with van der Waals surface area (Å²) in [5.41, 5.74) is 1.64. The molecule has 0 aliphatic rings. The first-order chi connectivity index (χ1) is 14.3. The van der Waals surface area contributed by atoms with Gasteiger partial charge in [-0.1, -0.05) is 41.9 Å². The maximum atomic E-state index is 13.2. The summed E-state index contributed by atoms with van der Waals surface area (Å²) in [6.45, 7) is 1.70. The number of ether oxygens (including phenoxy) is 1. The number of anilines is 1. The lowest BCUT2D eigenvalue weighted by Gasteiger charge is -2.10. The first kappa shape index (κ1) is 20.3. The van der Waals surface area contributed by atoms with Gasteiger partial charge in [0.05, 0.1) is 23.2 Å². The van der Waals surface area contributed by atoms with E-state index in [-0.39, 0.29) is 11.4 Å². The van der Waals surface area contributed by atoms with E-state index in [0.717, 1.165) is 10.8 Å². The van der Waals surface area contributed by atoms with Crippen LogP contribution in [0.5, 0.6) is 0 Å². The summed E-state index contributed by atoms with van der Waals surface area (Å²) >= 11 is 6.16. The Kier molecular flexibility index (Phi) is 5.17. The molecule has 0 spiro atoms. The summed E-state index contributed by atoms with van der Waals surface area (Å²) < 4.78 is 35.5. The van der Waals surface area contributed by atoms with Crippen molar-refractivity contribution < 1.29 is 17.9 Å². The Labute approximate surface area is 179 Å². The molecule has 4 aromatic rings. The Hall–Kier alpha value is -3.03. The number of aromatic nitrogens is 1. The van der Waals surface area contributed by atoms with Crippen LogP contribution in [0.2, 0.25) is 5.02 Å². The number of sulfonamides is 1. The summed E-state index contributed by atoms with van der Waals surface area (Å²) in [5.74, 6) is -0.436. The predicted octanol–water partition coefficient (Wildman–Crippen LogP) is 4.73.